The van der Waals surface area contributed by atoms with Gasteiger partial charge in [-0.3, -0.25) is 0 Å². The summed E-state index contributed by atoms with van der Waals surface area (Å²) in [5.74, 6) is 0.502. The van der Waals surface area contributed by atoms with Crippen molar-refractivity contribution in [3.63, 3.8) is 0 Å². The molecule has 2 aliphatic rings. The number of rotatable bonds is 1. The average Bonchev–Trinajstić information content (AvgIpc) is 2.53. The summed E-state index contributed by atoms with van der Waals surface area (Å²) in [5, 5.41) is 8.48. The van der Waals surface area contributed by atoms with E-state index < -0.39 is 0 Å². The molecule has 13 heavy (non-hydrogen) atoms. The van der Waals surface area contributed by atoms with Crippen molar-refractivity contribution in [3.05, 3.63) is 12.2 Å². The standard InChI is InChI=1S/C10H11Br2N/c11-10(12)8(4-3-7-13)9(10)5-1-2-6-9/h3-4,8H,1-2,5-6H2/b4-3+/t8-/m0/s1. The Kier molecular flexibility index (Phi) is 2.32. The number of alkyl halides is 2. The first-order valence-corrected chi connectivity index (χ1v) is 6.18. The Balaban J connectivity index is 2.16. The molecule has 1 atom stereocenters. The minimum absolute atomic E-state index is 0.0802. The predicted molar refractivity (Wildman–Crippen MR) is 59.7 cm³/mol. The van der Waals surface area contributed by atoms with E-state index in [1.165, 1.54) is 25.7 Å². The normalized spacial score (nSPS) is 33.8. The van der Waals surface area contributed by atoms with Crippen LogP contribution in [0.1, 0.15) is 25.7 Å². The molecule has 0 aromatic rings. The molecule has 0 N–H and O–H groups in total. The van der Waals surface area contributed by atoms with E-state index in [-0.39, 0.29) is 3.23 Å². The van der Waals surface area contributed by atoms with Gasteiger partial charge in [-0.25, -0.2) is 0 Å². The lowest BCUT2D eigenvalue weighted by Crippen LogP contribution is -2.01. The van der Waals surface area contributed by atoms with Gasteiger partial charge in [-0.05, 0) is 12.8 Å². The van der Waals surface area contributed by atoms with Gasteiger partial charge < -0.3 is 0 Å². The highest BCUT2D eigenvalue weighted by Crippen LogP contribution is 2.77. The van der Waals surface area contributed by atoms with Gasteiger partial charge in [0.1, 0.15) is 0 Å². The Morgan fingerprint density at radius 3 is 2.46 bits per heavy atom. The molecule has 0 aliphatic heterocycles. The van der Waals surface area contributed by atoms with Crippen LogP contribution in [-0.4, -0.2) is 3.23 Å². The molecule has 0 amide bonds. The summed E-state index contributed by atoms with van der Waals surface area (Å²) in [4.78, 5) is 0. The van der Waals surface area contributed by atoms with Gasteiger partial charge in [-0.1, -0.05) is 50.8 Å². The van der Waals surface area contributed by atoms with Gasteiger partial charge in [0, 0.05) is 17.4 Å². The summed E-state index contributed by atoms with van der Waals surface area (Å²) in [6.07, 6.45) is 8.86. The average molecular weight is 305 g/mol. The molecule has 0 saturated heterocycles. The molecule has 0 aromatic carbocycles. The first-order chi connectivity index (χ1) is 6.15. The van der Waals surface area contributed by atoms with Crippen LogP contribution < -0.4 is 0 Å². The lowest BCUT2D eigenvalue weighted by Gasteiger charge is -2.07. The topological polar surface area (TPSA) is 23.8 Å². The zero-order valence-electron chi connectivity index (χ0n) is 7.26. The number of nitriles is 1. The molecule has 0 heterocycles. The van der Waals surface area contributed by atoms with Crippen LogP contribution in [0.15, 0.2) is 12.2 Å². The van der Waals surface area contributed by atoms with E-state index in [0.29, 0.717) is 11.3 Å². The molecule has 2 rings (SSSR count). The molecule has 0 aromatic heterocycles. The van der Waals surface area contributed by atoms with E-state index in [1.54, 1.807) is 6.08 Å². The lowest BCUT2D eigenvalue weighted by molar-refractivity contribution is 0.503. The van der Waals surface area contributed by atoms with Gasteiger partial charge in [0.2, 0.25) is 0 Å². The fraction of sp³-hybridized carbons (Fsp3) is 0.700. The van der Waals surface area contributed by atoms with Gasteiger partial charge >= 0.3 is 0 Å². The fourth-order valence-corrected chi connectivity index (χ4v) is 4.87. The van der Waals surface area contributed by atoms with E-state index in [0.717, 1.165) is 0 Å². The SMILES string of the molecule is N#C/C=C/[C@@H]1C(Br)(Br)C12CCCC2. The molecule has 0 bridgehead atoms. The second-order valence-corrected chi connectivity index (χ2v) is 7.52. The van der Waals surface area contributed by atoms with Crippen LogP contribution in [0, 0.1) is 22.7 Å². The largest absolute Gasteiger partial charge is 0.193 e. The van der Waals surface area contributed by atoms with E-state index >= 15 is 0 Å². The van der Waals surface area contributed by atoms with Gasteiger partial charge in [0.25, 0.3) is 0 Å². The van der Waals surface area contributed by atoms with Crippen molar-refractivity contribution in [2.75, 3.05) is 0 Å². The van der Waals surface area contributed by atoms with E-state index in [2.05, 4.69) is 37.9 Å². The Hall–Kier alpha value is 0.190. The van der Waals surface area contributed by atoms with Crippen molar-refractivity contribution in [1.82, 2.24) is 0 Å². The highest BCUT2D eigenvalue weighted by atomic mass is 79.9. The number of nitrogens with zero attached hydrogens (tertiary/aromatic N) is 1. The van der Waals surface area contributed by atoms with E-state index in [9.17, 15) is 0 Å². The third-order valence-corrected chi connectivity index (χ3v) is 5.99. The maximum atomic E-state index is 8.48. The van der Waals surface area contributed by atoms with Crippen LogP contribution in [0.4, 0.5) is 0 Å². The zero-order chi connectivity index (χ0) is 9.53. The summed E-state index contributed by atoms with van der Waals surface area (Å²) in [6, 6.07) is 2.06. The van der Waals surface area contributed by atoms with Crippen LogP contribution in [0.25, 0.3) is 0 Å². The third kappa shape index (κ3) is 1.22. The summed E-state index contributed by atoms with van der Waals surface area (Å²) in [5.41, 5.74) is 0.403. The molecule has 1 nitrogen and oxygen atoms in total. The van der Waals surface area contributed by atoms with Gasteiger partial charge in [0.05, 0.1) is 9.30 Å². The second-order valence-electron chi connectivity index (χ2n) is 3.95. The van der Waals surface area contributed by atoms with Crippen molar-refractivity contribution in [2.24, 2.45) is 11.3 Å². The van der Waals surface area contributed by atoms with Crippen LogP contribution in [0.2, 0.25) is 0 Å². The molecule has 2 aliphatic carbocycles. The van der Waals surface area contributed by atoms with Crippen LogP contribution in [-0.2, 0) is 0 Å². The molecule has 1 spiro atoms. The second kappa shape index (κ2) is 3.10. The minimum Gasteiger partial charge on any atom is -0.193 e. The summed E-state index contributed by atoms with van der Waals surface area (Å²) >= 11 is 7.45. The number of halogens is 2. The lowest BCUT2D eigenvalue weighted by atomic mass is 10.0. The number of hydrogen-bond donors (Lipinski definition) is 0. The Bertz CT molecular complexity index is 282. The molecule has 3 heteroatoms. The van der Waals surface area contributed by atoms with Crippen molar-refractivity contribution in [3.8, 4) is 6.07 Å². The quantitative estimate of drug-likeness (QED) is 0.535. The van der Waals surface area contributed by atoms with Gasteiger partial charge in [-0.15, -0.1) is 0 Å². The minimum atomic E-state index is 0.0802. The molecule has 2 fully saturated rings. The molecular formula is C10H11Br2N. The van der Waals surface area contributed by atoms with Crippen molar-refractivity contribution in [1.29, 1.82) is 5.26 Å². The molecular weight excluding hydrogens is 294 g/mol. The molecule has 0 radical (unpaired) electrons. The number of allylic oxidation sites excluding steroid dienone is 2. The Morgan fingerprint density at radius 2 is 1.92 bits per heavy atom. The van der Waals surface area contributed by atoms with Crippen LogP contribution in [0.3, 0.4) is 0 Å². The van der Waals surface area contributed by atoms with Gasteiger partial charge in [-0.2, -0.15) is 5.26 Å². The smallest absolute Gasteiger partial charge is 0.0936 e. The maximum Gasteiger partial charge on any atom is 0.0936 e. The highest BCUT2D eigenvalue weighted by Gasteiger charge is 2.73. The number of hydrogen-bond acceptors (Lipinski definition) is 1. The predicted octanol–water partition coefficient (Wildman–Crippen LogP) is 3.74. The summed E-state index contributed by atoms with van der Waals surface area (Å²) < 4.78 is 0.0802. The molecule has 70 valence electrons. The monoisotopic (exact) mass is 303 g/mol. The van der Waals surface area contributed by atoms with Gasteiger partial charge in [0.15, 0.2) is 0 Å². The Morgan fingerprint density at radius 1 is 1.31 bits per heavy atom. The maximum absolute atomic E-state index is 8.48. The first kappa shape index (κ1) is 9.73. The fourth-order valence-electron chi connectivity index (χ4n) is 2.63. The molecule has 0 unspecified atom stereocenters. The van der Waals surface area contributed by atoms with Crippen LogP contribution >= 0.6 is 31.9 Å². The van der Waals surface area contributed by atoms with Crippen molar-refractivity contribution >= 4 is 31.9 Å². The Labute approximate surface area is 95.5 Å². The van der Waals surface area contributed by atoms with E-state index in [1.807, 2.05) is 6.08 Å². The van der Waals surface area contributed by atoms with Crippen LogP contribution in [0.5, 0.6) is 0 Å². The van der Waals surface area contributed by atoms with Crippen molar-refractivity contribution < 1.29 is 0 Å². The first-order valence-electron chi connectivity index (χ1n) is 4.59. The summed E-state index contributed by atoms with van der Waals surface area (Å²) in [7, 11) is 0. The zero-order valence-corrected chi connectivity index (χ0v) is 10.4. The molecule has 2 saturated carbocycles. The van der Waals surface area contributed by atoms with E-state index in [4.69, 9.17) is 5.26 Å². The summed E-state index contributed by atoms with van der Waals surface area (Å²) in [6.45, 7) is 0. The third-order valence-electron chi connectivity index (χ3n) is 3.43. The van der Waals surface area contributed by atoms with Crippen molar-refractivity contribution in [2.45, 2.75) is 28.9 Å². The highest BCUT2D eigenvalue weighted by molar-refractivity contribution is 9.25.